The highest BCUT2D eigenvalue weighted by Crippen LogP contribution is 2.30. The predicted molar refractivity (Wildman–Crippen MR) is 108 cm³/mol. The Kier molecular flexibility index (Phi) is 4.77. The maximum Gasteiger partial charge on any atom is 0.229 e. The fourth-order valence-electron chi connectivity index (χ4n) is 2.97. The molecule has 28 heavy (non-hydrogen) atoms. The lowest BCUT2D eigenvalue weighted by atomic mass is 10.1. The Morgan fingerprint density at radius 2 is 1.82 bits per heavy atom. The van der Waals surface area contributed by atoms with E-state index < -0.39 is 0 Å². The maximum absolute atomic E-state index is 13.2. The highest BCUT2D eigenvalue weighted by Gasteiger charge is 2.17. The van der Waals surface area contributed by atoms with E-state index in [9.17, 15) is 4.39 Å². The zero-order valence-electron chi connectivity index (χ0n) is 16.0. The Morgan fingerprint density at radius 1 is 1.04 bits per heavy atom. The fraction of sp³-hybridized carbons (Fsp3) is 0.227. The number of rotatable bonds is 5. The molecule has 0 fully saturated rings. The maximum atomic E-state index is 13.2. The number of nitrogens with one attached hydrogen (secondary N) is 1. The molecule has 0 radical (unpaired) electrons. The van der Waals surface area contributed by atoms with Gasteiger partial charge in [0.2, 0.25) is 11.7 Å². The van der Waals surface area contributed by atoms with Crippen molar-refractivity contribution in [3.8, 4) is 11.4 Å². The van der Waals surface area contributed by atoms with Crippen LogP contribution in [-0.2, 0) is 6.54 Å². The summed E-state index contributed by atoms with van der Waals surface area (Å²) in [4.78, 5) is 9.30. The summed E-state index contributed by atoms with van der Waals surface area (Å²) in [6.07, 6.45) is 0. The van der Waals surface area contributed by atoms with Crippen LogP contribution in [0.4, 0.5) is 10.2 Å². The lowest BCUT2D eigenvalue weighted by Gasteiger charge is -2.11. The molecule has 2 heterocycles. The van der Waals surface area contributed by atoms with E-state index in [-0.39, 0.29) is 11.7 Å². The zero-order chi connectivity index (χ0) is 19.7. The monoisotopic (exact) mass is 376 g/mol. The van der Waals surface area contributed by atoms with Crippen LogP contribution in [0.2, 0.25) is 0 Å². The average molecular weight is 376 g/mol. The van der Waals surface area contributed by atoms with Crippen LogP contribution in [0.3, 0.4) is 0 Å². The van der Waals surface area contributed by atoms with Crippen LogP contribution < -0.4 is 5.32 Å². The molecule has 0 unspecified atom stereocenters. The molecule has 0 atom stereocenters. The van der Waals surface area contributed by atoms with Gasteiger partial charge in [-0.2, -0.15) is 4.98 Å². The topological polar surface area (TPSA) is 63.8 Å². The lowest BCUT2D eigenvalue weighted by Crippen LogP contribution is -2.04. The van der Waals surface area contributed by atoms with Gasteiger partial charge in [0.25, 0.3) is 0 Å². The van der Waals surface area contributed by atoms with Gasteiger partial charge in [-0.3, -0.25) is 0 Å². The van der Waals surface area contributed by atoms with Gasteiger partial charge in [0.05, 0.1) is 11.1 Å². The average Bonchev–Trinajstić information content (AvgIpc) is 3.17. The van der Waals surface area contributed by atoms with Gasteiger partial charge in [0, 0.05) is 17.8 Å². The van der Waals surface area contributed by atoms with E-state index in [2.05, 4.69) is 21.5 Å². The number of hydrogen-bond acceptors (Lipinski definition) is 5. The summed E-state index contributed by atoms with van der Waals surface area (Å²) in [5.41, 5.74) is 3.76. The molecule has 4 aromatic rings. The van der Waals surface area contributed by atoms with Crippen LogP contribution in [0.25, 0.3) is 22.3 Å². The number of benzene rings is 2. The summed E-state index contributed by atoms with van der Waals surface area (Å²) in [7, 11) is 0. The fourth-order valence-corrected chi connectivity index (χ4v) is 2.97. The number of fused-ring (bicyclic) bond motifs is 1. The van der Waals surface area contributed by atoms with E-state index in [0.29, 0.717) is 24.1 Å². The van der Waals surface area contributed by atoms with Crippen molar-refractivity contribution in [2.75, 3.05) is 5.32 Å². The smallest absolute Gasteiger partial charge is 0.229 e. The quantitative estimate of drug-likeness (QED) is 0.500. The lowest BCUT2D eigenvalue weighted by molar-refractivity contribution is 0.365. The molecule has 0 saturated carbocycles. The second kappa shape index (κ2) is 7.38. The molecule has 0 spiro atoms. The minimum atomic E-state index is -0.253. The predicted octanol–water partition coefficient (Wildman–Crippen LogP) is 5.47. The number of aryl methyl sites for hydroxylation is 1. The van der Waals surface area contributed by atoms with Crippen LogP contribution in [0.15, 0.2) is 53.1 Å². The third-order valence-corrected chi connectivity index (χ3v) is 4.52. The highest BCUT2D eigenvalue weighted by atomic mass is 19.1. The van der Waals surface area contributed by atoms with E-state index in [0.717, 1.165) is 27.6 Å². The third kappa shape index (κ3) is 3.71. The van der Waals surface area contributed by atoms with E-state index >= 15 is 0 Å². The molecule has 0 aliphatic carbocycles. The summed E-state index contributed by atoms with van der Waals surface area (Å²) in [6, 6.07) is 14.5. The molecule has 2 aromatic carbocycles. The van der Waals surface area contributed by atoms with Crippen molar-refractivity contribution in [2.45, 2.75) is 33.2 Å². The second-order valence-electron chi connectivity index (χ2n) is 7.17. The van der Waals surface area contributed by atoms with Gasteiger partial charge >= 0.3 is 0 Å². The van der Waals surface area contributed by atoms with Crippen LogP contribution in [-0.4, -0.2) is 15.1 Å². The van der Waals surface area contributed by atoms with Crippen LogP contribution in [0, 0.1) is 12.7 Å². The number of nitrogens with zero attached hydrogens (tertiary/aromatic N) is 3. The molecule has 5 nitrogen and oxygen atoms in total. The molecule has 0 amide bonds. The van der Waals surface area contributed by atoms with Crippen molar-refractivity contribution in [3.05, 3.63) is 71.4 Å². The van der Waals surface area contributed by atoms with Crippen LogP contribution in [0.1, 0.15) is 36.8 Å². The number of anilines is 1. The molecule has 0 saturated heterocycles. The highest BCUT2D eigenvalue weighted by molar-refractivity contribution is 5.88. The van der Waals surface area contributed by atoms with Gasteiger partial charge in [-0.25, -0.2) is 9.37 Å². The second-order valence-corrected chi connectivity index (χ2v) is 7.17. The Bertz CT molecular complexity index is 1120. The molecular formula is C22H21FN4O. The summed E-state index contributed by atoms with van der Waals surface area (Å²) < 4.78 is 18.5. The first-order chi connectivity index (χ1) is 13.5. The first-order valence-corrected chi connectivity index (χ1v) is 9.23. The van der Waals surface area contributed by atoms with Crippen molar-refractivity contribution in [3.63, 3.8) is 0 Å². The molecular weight excluding hydrogens is 355 g/mol. The van der Waals surface area contributed by atoms with Crippen molar-refractivity contribution in [2.24, 2.45) is 0 Å². The van der Waals surface area contributed by atoms with Gasteiger partial charge in [-0.05, 0) is 42.8 Å². The molecule has 0 bridgehead atoms. The van der Waals surface area contributed by atoms with E-state index in [1.165, 1.54) is 12.1 Å². The zero-order valence-corrected chi connectivity index (χ0v) is 16.0. The molecule has 142 valence electrons. The van der Waals surface area contributed by atoms with Gasteiger partial charge in [-0.15, -0.1) is 0 Å². The van der Waals surface area contributed by atoms with Crippen LogP contribution in [0.5, 0.6) is 0 Å². The van der Waals surface area contributed by atoms with E-state index in [1.807, 2.05) is 39.0 Å². The summed E-state index contributed by atoms with van der Waals surface area (Å²) >= 11 is 0. The summed E-state index contributed by atoms with van der Waals surface area (Å²) in [5.74, 6) is 1.64. The SMILES string of the molecule is Cc1ccc2nc(NCc3ccc(F)cc3)c(-c3noc(C(C)C)n3)cc2c1. The molecule has 0 aliphatic heterocycles. The first-order valence-electron chi connectivity index (χ1n) is 9.23. The Morgan fingerprint density at radius 3 is 2.54 bits per heavy atom. The Hall–Kier alpha value is -3.28. The third-order valence-electron chi connectivity index (χ3n) is 4.52. The van der Waals surface area contributed by atoms with Crippen LogP contribution >= 0.6 is 0 Å². The standard InChI is InChI=1S/C22H21FN4O/c1-13(2)22-26-21(27-28-22)18-11-16-10-14(3)4-9-19(16)25-20(18)24-12-15-5-7-17(23)8-6-15/h4-11,13H,12H2,1-3H3,(H,24,25). The van der Waals surface area contributed by atoms with E-state index in [1.54, 1.807) is 12.1 Å². The molecule has 4 rings (SSSR count). The molecule has 6 heteroatoms. The Balaban J connectivity index is 1.75. The summed E-state index contributed by atoms with van der Waals surface area (Å²) in [5, 5.41) is 8.50. The number of hydrogen-bond donors (Lipinski definition) is 1. The molecule has 1 N–H and O–H groups in total. The minimum absolute atomic E-state index is 0.146. The van der Waals surface area contributed by atoms with Gasteiger partial charge in [-0.1, -0.05) is 42.8 Å². The Labute approximate surface area is 162 Å². The first kappa shape index (κ1) is 18.1. The number of aromatic nitrogens is 3. The number of halogens is 1. The molecule has 2 aromatic heterocycles. The van der Waals surface area contributed by atoms with Gasteiger partial charge in [0.1, 0.15) is 11.6 Å². The van der Waals surface area contributed by atoms with Gasteiger partial charge < -0.3 is 9.84 Å². The van der Waals surface area contributed by atoms with Gasteiger partial charge in [0.15, 0.2) is 0 Å². The van der Waals surface area contributed by atoms with E-state index in [4.69, 9.17) is 9.51 Å². The van der Waals surface area contributed by atoms with Crippen molar-refractivity contribution < 1.29 is 8.91 Å². The van der Waals surface area contributed by atoms with Crippen molar-refractivity contribution in [1.29, 1.82) is 0 Å². The summed E-state index contributed by atoms with van der Waals surface area (Å²) in [6.45, 7) is 6.57. The minimum Gasteiger partial charge on any atom is -0.365 e. The molecule has 0 aliphatic rings. The van der Waals surface area contributed by atoms with Crippen molar-refractivity contribution in [1.82, 2.24) is 15.1 Å². The van der Waals surface area contributed by atoms with Crippen molar-refractivity contribution >= 4 is 16.7 Å². The normalized spacial score (nSPS) is 11.3. The largest absolute Gasteiger partial charge is 0.365 e. The number of pyridine rings is 1.